The van der Waals surface area contributed by atoms with Gasteiger partial charge in [-0.2, -0.15) is 0 Å². The maximum Gasteiger partial charge on any atom is 0.241 e. The molecular weight excluding hydrogens is 222 g/mol. The highest BCUT2D eigenvalue weighted by molar-refractivity contribution is 7.89. The van der Waals surface area contributed by atoms with Gasteiger partial charge in [0.05, 0.1) is 4.90 Å². The molecular formula is C12H17NO2S. The second-order valence-electron chi connectivity index (χ2n) is 4.83. The summed E-state index contributed by atoms with van der Waals surface area (Å²) in [5.74, 6) is 0. The van der Waals surface area contributed by atoms with Crippen LogP contribution in [0.1, 0.15) is 31.7 Å². The number of sulfonamides is 1. The number of aryl methyl sites for hydroxylation is 1. The zero-order valence-corrected chi connectivity index (χ0v) is 10.5. The Morgan fingerprint density at radius 2 is 1.75 bits per heavy atom. The van der Waals surface area contributed by atoms with Crippen molar-refractivity contribution in [1.82, 2.24) is 4.72 Å². The molecule has 0 saturated heterocycles. The molecule has 4 heteroatoms. The minimum atomic E-state index is -3.35. The summed E-state index contributed by atoms with van der Waals surface area (Å²) in [5, 5.41) is 0. The molecule has 0 unspecified atom stereocenters. The average molecular weight is 239 g/mol. The Kier molecular flexibility index (Phi) is 2.80. The monoisotopic (exact) mass is 239 g/mol. The highest BCUT2D eigenvalue weighted by Gasteiger charge is 2.36. The van der Waals surface area contributed by atoms with Gasteiger partial charge < -0.3 is 0 Å². The SMILES string of the molecule is Cc1ccc(S(=O)(=O)NC2(C)CCC2)cc1. The van der Waals surface area contributed by atoms with Gasteiger partial charge in [0.15, 0.2) is 0 Å². The Labute approximate surface area is 96.9 Å². The third-order valence-electron chi connectivity index (χ3n) is 3.17. The van der Waals surface area contributed by atoms with Crippen LogP contribution >= 0.6 is 0 Å². The Bertz CT molecular complexity index is 472. The van der Waals surface area contributed by atoms with E-state index in [1.807, 2.05) is 26.0 Å². The van der Waals surface area contributed by atoms with E-state index in [0.29, 0.717) is 4.90 Å². The largest absolute Gasteiger partial charge is 0.241 e. The van der Waals surface area contributed by atoms with E-state index in [4.69, 9.17) is 0 Å². The Morgan fingerprint density at radius 3 is 2.19 bits per heavy atom. The second kappa shape index (κ2) is 3.86. The van der Waals surface area contributed by atoms with E-state index in [1.165, 1.54) is 0 Å². The molecule has 0 spiro atoms. The molecule has 3 nitrogen and oxygen atoms in total. The van der Waals surface area contributed by atoms with Crippen LogP contribution in [0.3, 0.4) is 0 Å². The topological polar surface area (TPSA) is 46.2 Å². The molecule has 1 saturated carbocycles. The molecule has 16 heavy (non-hydrogen) atoms. The molecule has 1 N–H and O–H groups in total. The summed E-state index contributed by atoms with van der Waals surface area (Å²) >= 11 is 0. The molecule has 2 rings (SSSR count). The van der Waals surface area contributed by atoms with Crippen LogP contribution in [0, 0.1) is 6.92 Å². The highest BCUT2D eigenvalue weighted by atomic mass is 32.2. The lowest BCUT2D eigenvalue weighted by Crippen LogP contribution is -2.50. The first-order valence-electron chi connectivity index (χ1n) is 5.52. The fourth-order valence-electron chi connectivity index (χ4n) is 1.91. The third kappa shape index (κ3) is 2.28. The number of hydrogen-bond donors (Lipinski definition) is 1. The van der Waals surface area contributed by atoms with E-state index >= 15 is 0 Å². The van der Waals surface area contributed by atoms with Crippen LogP contribution in [-0.4, -0.2) is 14.0 Å². The summed E-state index contributed by atoms with van der Waals surface area (Å²) in [6, 6.07) is 6.94. The van der Waals surface area contributed by atoms with E-state index in [-0.39, 0.29) is 5.54 Å². The van der Waals surface area contributed by atoms with E-state index in [2.05, 4.69) is 4.72 Å². The van der Waals surface area contributed by atoms with Gasteiger partial charge in [-0.1, -0.05) is 17.7 Å². The smallest absolute Gasteiger partial charge is 0.207 e. The number of benzene rings is 1. The van der Waals surface area contributed by atoms with E-state index in [1.54, 1.807) is 12.1 Å². The minimum absolute atomic E-state index is 0.232. The van der Waals surface area contributed by atoms with Gasteiger partial charge in [0.25, 0.3) is 0 Å². The van der Waals surface area contributed by atoms with Gasteiger partial charge in [-0.05, 0) is 45.2 Å². The van der Waals surface area contributed by atoms with Crippen LogP contribution in [-0.2, 0) is 10.0 Å². The number of rotatable bonds is 3. The molecule has 1 aromatic rings. The molecule has 0 bridgehead atoms. The zero-order valence-electron chi connectivity index (χ0n) is 9.66. The van der Waals surface area contributed by atoms with Gasteiger partial charge in [-0.15, -0.1) is 0 Å². The minimum Gasteiger partial charge on any atom is -0.207 e. The Morgan fingerprint density at radius 1 is 1.19 bits per heavy atom. The van der Waals surface area contributed by atoms with Gasteiger partial charge in [-0.3, -0.25) is 0 Å². The standard InChI is InChI=1S/C12H17NO2S/c1-10-4-6-11(7-5-10)16(14,15)13-12(2)8-3-9-12/h4-7,13H,3,8-9H2,1-2H3. The molecule has 0 heterocycles. The van der Waals surface area contributed by atoms with Crippen LogP contribution < -0.4 is 4.72 Å². The number of hydrogen-bond acceptors (Lipinski definition) is 2. The van der Waals surface area contributed by atoms with Crippen molar-refractivity contribution in [3.8, 4) is 0 Å². The van der Waals surface area contributed by atoms with Crippen molar-refractivity contribution in [3.63, 3.8) is 0 Å². The highest BCUT2D eigenvalue weighted by Crippen LogP contribution is 2.32. The molecule has 1 fully saturated rings. The first-order valence-corrected chi connectivity index (χ1v) is 7.00. The number of nitrogens with one attached hydrogen (secondary N) is 1. The zero-order chi connectivity index (χ0) is 11.8. The van der Waals surface area contributed by atoms with Gasteiger partial charge in [0.2, 0.25) is 10.0 Å². The molecule has 0 aromatic heterocycles. The third-order valence-corrected chi connectivity index (χ3v) is 4.82. The summed E-state index contributed by atoms with van der Waals surface area (Å²) in [6.07, 6.45) is 2.96. The van der Waals surface area contributed by atoms with Crippen LogP contribution in [0.15, 0.2) is 29.2 Å². The lowest BCUT2D eigenvalue weighted by Gasteiger charge is -2.38. The van der Waals surface area contributed by atoms with Gasteiger partial charge >= 0.3 is 0 Å². The van der Waals surface area contributed by atoms with Crippen molar-refractivity contribution in [1.29, 1.82) is 0 Å². The van der Waals surface area contributed by atoms with Crippen molar-refractivity contribution >= 4 is 10.0 Å². The van der Waals surface area contributed by atoms with Gasteiger partial charge in [0.1, 0.15) is 0 Å². The molecule has 0 radical (unpaired) electrons. The fourth-order valence-corrected chi connectivity index (χ4v) is 3.38. The molecule has 1 aliphatic carbocycles. The summed E-state index contributed by atoms with van der Waals surface area (Å²) in [4.78, 5) is 0.353. The van der Waals surface area contributed by atoms with Crippen LogP contribution in [0.5, 0.6) is 0 Å². The summed E-state index contributed by atoms with van der Waals surface area (Å²) in [7, 11) is -3.35. The van der Waals surface area contributed by atoms with E-state index in [0.717, 1.165) is 24.8 Å². The molecule has 1 aromatic carbocycles. The Hall–Kier alpha value is -0.870. The van der Waals surface area contributed by atoms with Crippen LogP contribution in [0.2, 0.25) is 0 Å². The van der Waals surface area contributed by atoms with Crippen LogP contribution in [0.4, 0.5) is 0 Å². The summed E-state index contributed by atoms with van der Waals surface area (Å²) in [5.41, 5.74) is 0.831. The van der Waals surface area contributed by atoms with Gasteiger partial charge in [0, 0.05) is 5.54 Å². The lowest BCUT2D eigenvalue weighted by molar-refractivity contribution is 0.248. The first kappa shape index (κ1) is 11.6. The molecule has 0 amide bonds. The molecule has 0 atom stereocenters. The predicted octanol–water partition coefficient (Wildman–Crippen LogP) is 2.22. The van der Waals surface area contributed by atoms with Crippen molar-refractivity contribution in [2.24, 2.45) is 0 Å². The second-order valence-corrected chi connectivity index (χ2v) is 6.52. The summed E-state index contributed by atoms with van der Waals surface area (Å²) < 4.78 is 26.9. The molecule has 1 aliphatic rings. The predicted molar refractivity (Wildman–Crippen MR) is 63.8 cm³/mol. The van der Waals surface area contributed by atoms with Crippen molar-refractivity contribution in [3.05, 3.63) is 29.8 Å². The molecule has 0 aliphatic heterocycles. The van der Waals surface area contributed by atoms with Crippen molar-refractivity contribution in [2.45, 2.75) is 43.5 Å². The van der Waals surface area contributed by atoms with Gasteiger partial charge in [-0.25, -0.2) is 13.1 Å². The quantitative estimate of drug-likeness (QED) is 0.879. The lowest BCUT2D eigenvalue weighted by atomic mass is 9.80. The summed E-state index contributed by atoms with van der Waals surface area (Å²) in [6.45, 7) is 3.90. The first-order chi connectivity index (χ1) is 7.41. The maximum atomic E-state index is 12.0. The van der Waals surface area contributed by atoms with E-state index in [9.17, 15) is 8.42 Å². The molecule has 88 valence electrons. The van der Waals surface area contributed by atoms with Crippen LogP contribution in [0.25, 0.3) is 0 Å². The Balaban J connectivity index is 2.22. The van der Waals surface area contributed by atoms with Crippen molar-refractivity contribution in [2.75, 3.05) is 0 Å². The average Bonchev–Trinajstić information content (AvgIpc) is 2.15. The van der Waals surface area contributed by atoms with E-state index < -0.39 is 10.0 Å². The normalized spacial score (nSPS) is 19.1. The maximum absolute atomic E-state index is 12.0. The van der Waals surface area contributed by atoms with Crippen molar-refractivity contribution < 1.29 is 8.42 Å². The fraction of sp³-hybridized carbons (Fsp3) is 0.500.